The van der Waals surface area contributed by atoms with E-state index in [0.717, 1.165) is 11.3 Å². The van der Waals surface area contributed by atoms with Crippen LogP contribution in [0.15, 0.2) is 48.5 Å². The first kappa shape index (κ1) is 20.1. The number of nitrogens with zero attached hydrogens (tertiary/aromatic N) is 2. The SMILES string of the molecule is COc1ccc(NC(=O)Cc2nnc(NC(=O)Nc3ccccc3OC)s2)cc1. The molecule has 1 aromatic heterocycles. The Balaban J connectivity index is 1.53. The Morgan fingerprint density at radius 3 is 2.41 bits per heavy atom. The van der Waals surface area contributed by atoms with Crippen LogP contribution >= 0.6 is 11.3 Å². The lowest BCUT2D eigenvalue weighted by atomic mass is 10.3. The van der Waals surface area contributed by atoms with E-state index in [9.17, 15) is 9.59 Å². The molecule has 3 N–H and O–H groups in total. The number of urea groups is 1. The van der Waals surface area contributed by atoms with E-state index in [1.165, 1.54) is 7.11 Å². The summed E-state index contributed by atoms with van der Waals surface area (Å²) < 4.78 is 10.3. The van der Waals surface area contributed by atoms with Gasteiger partial charge in [0.1, 0.15) is 16.5 Å². The van der Waals surface area contributed by atoms with Crippen molar-refractivity contribution in [2.75, 3.05) is 30.2 Å². The third-order valence-electron chi connectivity index (χ3n) is 3.73. The van der Waals surface area contributed by atoms with Crippen molar-refractivity contribution in [3.8, 4) is 11.5 Å². The van der Waals surface area contributed by atoms with Crippen molar-refractivity contribution < 1.29 is 19.1 Å². The number of carbonyl (C=O) groups is 2. The molecular weight excluding hydrogens is 394 g/mol. The number of carbonyl (C=O) groups excluding carboxylic acids is 2. The van der Waals surface area contributed by atoms with E-state index >= 15 is 0 Å². The molecule has 0 aliphatic rings. The molecule has 3 rings (SSSR count). The lowest BCUT2D eigenvalue weighted by molar-refractivity contribution is -0.115. The van der Waals surface area contributed by atoms with Crippen molar-refractivity contribution in [1.82, 2.24) is 10.2 Å². The first-order chi connectivity index (χ1) is 14.1. The van der Waals surface area contributed by atoms with Crippen LogP contribution in [0.25, 0.3) is 0 Å². The number of rotatable bonds is 7. The molecule has 10 heteroatoms. The van der Waals surface area contributed by atoms with Crippen LogP contribution in [-0.4, -0.2) is 36.4 Å². The molecule has 9 nitrogen and oxygen atoms in total. The predicted molar refractivity (Wildman–Crippen MR) is 111 cm³/mol. The van der Waals surface area contributed by atoms with Crippen LogP contribution in [0, 0.1) is 0 Å². The number of aromatic nitrogens is 2. The maximum Gasteiger partial charge on any atom is 0.325 e. The fourth-order valence-electron chi connectivity index (χ4n) is 2.39. The van der Waals surface area contributed by atoms with Gasteiger partial charge < -0.3 is 20.1 Å². The fourth-order valence-corrected chi connectivity index (χ4v) is 3.12. The van der Waals surface area contributed by atoms with Gasteiger partial charge in [0.2, 0.25) is 11.0 Å². The average Bonchev–Trinajstić information content (AvgIpc) is 3.15. The molecule has 0 aliphatic heterocycles. The minimum atomic E-state index is -0.486. The van der Waals surface area contributed by atoms with Gasteiger partial charge in [0.15, 0.2) is 0 Å². The molecule has 1 heterocycles. The summed E-state index contributed by atoms with van der Waals surface area (Å²) in [7, 11) is 3.09. The van der Waals surface area contributed by atoms with E-state index in [2.05, 4.69) is 26.1 Å². The Morgan fingerprint density at radius 1 is 0.931 bits per heavy atom. The summed E-state index contributed by atoms with van der Waals surface area (Å²) in [6.45, 7) is 0. The van der Waals surface area contributed by atoms with Crippen molar-refractivity contribution in [3.05, 3.63) is 53.5 Å². The van der Waals surface area contributed by atoms with Crippen LogP contribution in [-0.2, 0) is 11.2 Å². The number of anilines is 3. The summed E-state index contributed by atoms with van der Waals surface area (Å²) in [5.74, 6) is 1.00. The average molecular weight is 413 g/mol. The van der Waals surface area contributed by atoms with Crippen molar-refractivity contribution in [3.63, 3.8) is 0 Å². The van der Waals surface area contributed by atoms with Crippen molar-refractivity contribution in [1.29, 1.82) is 0 Å². The second kappa shape index (κ2) is 9.51. The molecule has 2 aromatic carbocycles. The number of methoxy groups -OCH3 is 2. The van der Waals surface area contributed by atoms with Crippen molar-refractivity contribution >= 4 is 39.8 Å². The molecule has 0 saturated carbocycles. The number of amides is 3. The molecule has 0 fully saturated rings. The number of benzene rings is 2. The summed E-state index contributed by atoms with van der Waals surface area (Å²) in [4.78, 5) is 24.3. The number of hydrogen-bond acceptors (Lipinski definition) is 7. The molecule has 0 saturated heterocycles. The summed E-state index contributed by atoms with van der Waals surface area (Å²) in [5, 5.41) is 16.6. The van der Waals surface area contributed by atoms with Crippen molar-refractivity contribution in [2.24, 2.45) is 0 Å². The molecule has 0 spiro atoms. The highest BCUT2D eigenvalue weighted by Crippen LogP contribution is 2.24. The van der Waals surface area contributed by atoms with Gasteiger partial charge in [-0.05, 0) is 36.4 Å². The molecule has 29 heavy (non-hydrogen) atoms. The normalized spacial score (nSPS) is 10.1. The molecule has 0 bridgehead atoms. The quantitative estimate of drug-likeness (QED) is 0.547. The molecule has 3 aromatic rings. The summed E-state index contributed by atoms with van der Waals surface area (Å²) in [5.41, 5.74) is 1.17. The van der Waals surface area contributed by atoms with Gasteiger partial charge in [0.25, 0.3) is 0 Å². The summed E-state index contributed by atoms with van der Waals surface area (Å²) >= 11 is 1.12. The lowest BCUT2D eigenvalue weighted by Gasteiger charge is -2.09. The Morgan fingerprint density at radius 2 is 1.69 bits per heavy atom. The maximum absolute atomic E-state index is 12.2. The van der Waals surface area contributed by atoms with Gasteiger partial charge in [-0.25, -0.2) is 4.79 Å². The zero-order chi connectivity index (χ0) is 20.6. The largest absolute Gasteiger partial charge is 0.497 e. The van der Waals surface area contributed by atoms with E-state index < -0.39 is 6.03 Å². The number of ether oxygens (including phenoxy) is 2. The van der Waals surface area contributed by atoms with Crippen LogP contribution in [0.2, 0.25) is 0 Å². The first-order valence-corrected chi connectivity index (χ1v) is 9.36. The topological polar surface area (TPSA) is 114 Å². The third-order valence-corrected chi connectivity index (χ3v) is 4.57. The van der Waals surface area contributed by atoms with Gasteiger partial charge in [-0.3, -0.25) is 10.1 Å². The predicted octanol–water partition coefficient (Wildman–Crippen LogP) is 3.38. The number of nitrogens with one attached hydrogen (secondary N) is 3. The summed E-state index contributed by atoms with van der Waals surface area (Å²) in [6, 6.07) is 13.5. The van der Waals surface area contributed by atoms with E-state index in [0.29, 0.717) is 27.9 Å². The molecule has 0 atom stereocenters. The van der Waals surface area contributed by atoms with Gasteiger partial charge in [0, 0.05) is 5.69 Å². The monoisotopic (exact) mass is 413 g/mol. The molecule has 0 aliphatic carbocycles. The van der Waals surface area contributed by atoms with Gasteiger partial charge in [-0.1, -0.05) is 23.5 Å². The smallest absolute Gasteiger partial charge is 0.325 e. The first-order valence-electron chi connectivity index (χ1n) is 8.54. The van der Waals surface area contributed by atoms with Gasteiger partial charge in [-0.15, -0.1) is 10.2 Å². The molecular formula is C19H19N5O4S. The molecule has 150 valence electrons. The van der Waals surface area contributed by atoms with Crippen LogP contribution in [0.4, 0.5) is 21.3 Å². The van der Waals surface area contributed by atoms with Crippen LogP contribution in [0.5, 0.6) is 11.5 Å². The molecule has 0 unspecified atom stereocenters. The van der Waals surface area contributed by atoms with E-state index in [-0.39, 0.29) is 17.5 Å². The van der Waals surface area contributed by atoms with Crippen molar-refractivity contribution in [2.45, 2.75) is 6.42 Å². The highest BCUT2D eigenvalue weighted by Gasteiger charge is 2.13. The zero-order valence-corrected chi connectivity index (χ0v) is 16.6. The van der Waals surface area contributed by atoms with E-state index in [1.807, 2.05) is 0 Å². The molecule has 0 radical (unpaired) electrons. The second-order valence-electron chi connectivity index (χ2n) is 5.73. The maximum atomic E-state index is 12.2. The zero-order valence-electron chi connectivity index (χ0n) is 15.8. The highest BCUT2D eigenvalue weighted by molar-refractivity contribution is 7.15. The highest BCUT2D eigenvalue weighted by atomic mass is 32.1. The van der Waals surface area contributed by atoms with Gasteiger partial charge in [0.05, 0.1) is 26.3 Å². The Labute approximate surface area is 171 Å². The number of para-hydroxylation sites is 2. The van der Waals surface area contributed by atoms with E-state index in [4.69, 9.17) is 9.47 Å². The fraction of sp³-hybridized carbons (Fsp3) is 0.158. The van der Waals surface area contributed by atoms with Crippen LogP contribution in [0.3, 0.4) is 0 Å². The minimum Gasteiger partial charge on any atom is -0.497 e. The van der Waals surface area contributed by atoms with Crippen LogP contribution in [0.1, 0.15) is 5.01 Å². The Bertz CT molecular complexity index is 990. The summed E-state index contributed by atoms with van der Waals surface area (Å²) in [6.07, 6.45) is 0.0412. The van der Waals surface area contributed by atoms with Crippen LogP contribution < -0.4 is 25.4 Å². The van der Waals surface area contributed by atoms with Gasteiger partial charge in [-0.2, -0.15) is 0 Å². The third kappa shape index (κ3) is 5.66. The number of hydrogen-bond donors (Lipinski definition) is 3. The molecule has 3 amide bonds. The standard InChI is InChI=1S/C19H19N5O4S/c1-27-13-9-7-12(8-10-13)20-16(25)11-17-23-24-19(29-17)22-18(26)21-14-5-3-4-6-15(14)28-2/h3-10H,11H2,1-2H3,(H,20,25)(H2,21,22,24,26). The second-order valence-corrected chi connectivity index (χ2v) is 6.80. The lowest BCUT2D eigenvalue weighted by Crippen LogP contribution is -2.19. The Hall–Kier alpha value is -3.66. The van der Waals surface area contributed by atoms with E-state index in [1.54, 1.807) is 55.6 Å². The van der Waals surface area contributed by atoms with Gasteiger partial charge >= 0.3 is 6.03 Å². The minimum absolute atomic E-state index is 0.0412. The Kier molecular flexibility index (Phi) is 6.59.